The molecule has 0 spiro atoms. The van der Waals surface area contributed by atoms with Crippen LogP contribution in [0.15, 0.2) is 60.9 Å². The molecule has 1 atom stereocenters. The molecule has 4 rings (SSSR count). The van der Waals surface area contributed by atoms with Gasteiger partial charge in [-0.3, -0.25) is 9.78 Å². The monoisotopic (exact) mass is 407 g/mol. The average molecular weight is 407 g/mol. The Morgan fingerprint density at radius 2 is 1.97 bits per heavy atom. The van der Waals surface area contributed by atoms with Crippen molar-refractivity contribution in [2.24, 2.45) is 5.73 Å². The first-order valence-electron chi connectivity index (χ1n) is 9.21. The normalized spacial score (nSPS) is 12.7. The molecule has 152 valence electrons. The van der Waals surface area contributed by atoms with Gasteiger partial charge in [0.25, 0.3) is 5.91 Å². The molecule has 1 aromatic heterocycles. The Kier molecular flexibility index (Phi) is 5.30. The molecule has 0 aliphatic carbocycles. The molecule has 1 aliphatic rings. The number of fused-ring (bicyclic) bond motifs is 3. The fourth-order valence-electron chi connectivity index (χ4n) is 3.31. The summed E-state index contributed by atoms with van der Waals surface area (Å²) >= 11 is 0. The summed E-state index contributed by atoms with van der Waals surface area (Å²) in [4.78, 5) is 28.0. The standard InChI is InChI=1S/C22H18FN3O4/c23-15-3-1-13(2-4-15)9-19(30-22(24)28)21(27)26-16-5-6-17-14(10-16)12-29-20-11-25-8-7-18(17)20/h1-8,10-11,19H,9,12H2,(H2,24,28)(H,26,27). The van der Waals surface area contributed by atoms with E-state index in [2.05, 4.69) is 10.3 Å². The van der Waals surface area contributed by atoms with E-state index in [9.17, 15) is 14.0 Å². The third-order valence-corrected chi connectivity index (χ3v) is 4.72. The van der Waals surface area contributed by atoms with Gasteiger partial charge in [0.2, 0.25) is 0 Å². The van der Waals surface area contributed by atoms with Crippen LogP contribution in [0.4, 0.5) is 14.9 Å². The fourth-order valence-corrected chi connectivity index (χ4v) is 3.31. The summed E-state index contributed by atoms with van der Waals surface area (Å²) < 4.78 is 23.8. The summed E-state index contributed by atoms with van der Waals surface area (Å²) in [6, 6.07) is 12.9. The van der Waals surface area contributed by atoms with E-state index < -0.39 is 23.9 Å². The maximum Gasteiger partial charge on any atom is 0.405 e. The van der Waals surface area contributed by atoms with Crippen LogP contribution in [-0.2, 0) is 22.6 Å². The van der Waals surface area contributed by atoms with Crippen molar-refractivity contribution in [3.8, 4) is 16.9 Å². The van der Waals surface area contributed by atoms with Gasteiger partial charge < -0.3 is 20.5 Å². The molecule has 3 aromatic rings. The van der Waals surface area contributed by atoms with Crippen LogP contribution in [0.5, 0.6) is 5.75 Å². The minimum Gasteiger partial charge on any atom is -0.487 e. The van der Waals surface area contributed by atoms with Gasteiger partial charge in [-0.2, -0.15) is 0 Å². The van der Waals surface area contributed by atoms with Crippen molar-refractivity contribution < 1.29 is 23.5 Å². The molecule has 2 amide bonds. The summed E-state index contributed by atoms with van der Waals surface area (Å²) in [5.41, 5.74) is 9.09. The van der Waals surface area contributed by atoms with E-state index >= 15 is 0 Å². The van der Waals surface area contributed by atoms with Crippen LogP contribution >= 0.6 is 0 Å². The lowest BCUT2D eigenvalue weighted by atomic mass is 9.97. The first-order valence-corrected chi connectivity index (χ1v) is 9.21. The van der Waals surface area contributed by atoms with E-state index in [1.54, 1.807) is 24.5 Å². The SMILES string of the molecule is NC(=O)OC(Cc1ccc(F)cc1)C(=O)Nc1ccc2c(c1)COc1cnccc1-2. The van der Waals surface area contributed by atoms with E-state index in [0.29, 0.717) is 23.6 Å². The minimum absolute atomic E-state index is 0.0590. The second kappa shape index (κ2) is 8.20. The number of rotatable bonds is 5. The summed E-state index contributed by atoms with van der Waals surface area (Å²) in [5, 5.41) is 2.74. The summed E-state index contributed by atoms with van der Waals surface area (Å²) in [7, 11) is 0. The molecule has 2 heterocycles. The molecule has 0 radical (unpaired) electrons. The van der Waals surface area contributed by atoms with Gasteiger partial charge in [0.15, 0.2) is 6.10 Å². The molecular weight excluding hydrogens is 389 g/mol. The van der Waals surface area contributed by atoms with Crippen molar-refractivity contribution in [1.29, 1.82) is 0 Å². The van der Waals surface area contributed by atoms with Gasteiger partial charge >= 0.3 is 6.09 Å². The third-order valence-electron chi connectivity index (χ3n) is 4.72. The number of hydrogen-bond donors (Lipinski definition) is 2. The number of hydrogen-bond acceptors (Lipinski definition) is 5. The van der Waals surface area contributed by atoms with Gasteiger partial charge in [-0.15, -0.1) is 0 Å². The number of primary amides is 1. The zero-order valence-electron chi connectivity index (χ0n) is 15.8. The van der Waals surface area contributed by atoms with Crippen LogP contribution in [0.1, 0.15) is 11.1 Å². The first kappa shape index (κ1) is 19.4. The highest BCUT2D eigenvalue weighted by Gasteiger charge is 2.24. The zero-order chi connectivity index (χ0) is 21.1. The van der Waals surface area contributed by atoms with E-state index in [-0.39, 0.29) is 6.42 Å². The van der Waals surface area contributed by atoms with Crippen LogP contribution in [-0.4, -0.2) is 23.1 Å². The minimum atomic E-state index is -1.16. The fraction of sp³-hybridized carbons (Fsp3) is 0.136. The number of amides is 2. The number of nitrogens with one attached hydrogen (secondary N) is 1. The lowest BCUT2D eigenvalue weighted by Crippen LogP contribution is -2.36. The number of ether oxygens (including phenoxy) is 2. The van der Waals surface area contributed by atoms with Crippen molar-refractivity contribution in [3.63, 3.8) is 0 Å². The van der Waals surface area contributed by atoms with Crippen LogP contribution < -0.4 is 15.8 Å². The Morgan fingerprint density at radius 1 is 1.17 bits per heavy atom. The number of carbonyl (C=O) groups excluding carboxylic acids is 2. The quantitative estimate of drug-likeness (QED) is 0.675. The Bertz CT molecular complexity index is 1100. The number of nitrogens with two attached hydrogens (primary N) is 1. The van der Waals surface area contributed by atoms with Gasteiger partial charge in [-0.25, -0.2) is 9.18 Å². The molecule has 3 N–H and O–H groups in total. The summed E-state index contributed by atoms with van der Waals surface area (Å²) in [6.07, 6.45) is 1.18. The number of halogens is 1. The predicted octanol–water partition coefficient (Wildman–Crippen LogP) is 3.43. The smallest absolute Gasteiger partial charge is 0.405 e. The van der Waals surface area contributed by atoms with Crippen molar-refractivity contribution >= 4 is 17.7 Å². The Hall–Kier alpha value is -3.94. The van der Waals surface area contributed by atoms with E-state index in [4.69, 9.17) is 15.2 Å². The van der Waals surface area contributed by atoms with Crippen molar-refractivity contribution in [2.45, 2.75) is 19.1 Å². The zero-order valence-corrected chi connectivity index (χ0v) is 15.8. The number of benzene rings is 2. The highest BCUT2D eigenvalue weighted by molar-refractivity contribution is 5.96. The number of carbonyl (C=O) groups is 2. The number of nitrogens with zero attached hydrogens (tertiary/aromatic N) is 1. The number of pyridine rings is 1. The molecule has 1 aliphatic heterocycles. The molecule has 7 nitrogen and oxygen atoms in total. The predicted molar refractivity (Wildman–Crippen MR) is 107 cm³/mol. The van der Waals surface area contributed by atoms with Gasteiger partial charge in [0, 0.05) is 23.9 Å². The maximum atomic E-state index is 13.1. The van der Waals surface area contributed by atoms with Crippen molar-refractivity contribution in [2.75, 3.05) is 5.32 Å². The largest absolute Gasteiger partial charge is 0.487 e. The van der Waals surface area contributed by atoms with E-state index in [0.717, 1.165) is 16.7 Å². The molecule has 2 aromatic carbocycles. The Labute approximate surface area is 171 Å². The molecule has 0 saturated carbocycles. The van der Waals surface area contributed by atoms with Crippen molar-refractivity contribution in [1.82, 2.24) is 4.98 Å². The number of aromatic nitrogens is 1. The van der Waals surface area contributed by atoms with E-state index in [1.165, 1.54) is 24.3 Å². The second-order valence-electron chi connectivity index (χ2n) is 6.78. The summed E-state index contributed by atoms with van der Waals surface area (Å²) in [5.74, 6) is -0.236. The molecule has 1 unspecified atom stereocenters. The molecule has 30 heavy (non-hydrogen) atoms. The third kappa shape index (κ3) is 4.22. The first-order chi connectivity index (χ1) is 14.5. The van der Waals surface area contributed by atoms with E-state index in [1.807, 2.05) is 12.1 Å². The Morgan fingerprint density at radius 3 is 2.73 bits per heavy atom. The molecule has 0 bridgehead atoms. The lowest BCUT2D eigenvalue weighted by molar-refractivity contribution is -0.124. The maximum absolute atomic E-state index is 13.1. The second-order valence-corrected chi connectivity index (χ2v) is 6.78. The lowest BCUT2D eigenvalue weighted by Gasteiger charge is -2.21. The summed E-state index contributed by atoms with van der Waals surface area (Å²) in [6.45, 7) is 0.342. The van der Waals surface area contributed by atoms with Gasteiger partial charge in [0.1, 0.15) is 18.2 Å². The molecule has 8 heteroatoms. The van der Waals surface area contributed by atoms with Gasteiger partial charge in [-0.1, -0.05) is 18.2 Å². The highest BCUT2D eigenvalue weighted by Crippen LogP contribution is 2.37. The van der Waals surface area contributed by atoms with Crippen LogP contribution in [0.3, 0.4) is 0 Å². The molecular formula is C22H18FN3O4. The highest BCUT2D eigenvalue weighted by atomic mass is 19.1. The van der Waals surface area contributed by atoms with Crippen molar-refractivity contribution in [3.05, 3.63) is 77.9 Å². The average Bonchev–Trinajstić information content (AvgIpc) is 2.74. The van der Waals surface area contributed by atoms with Gasteiger partial charge in [0.05, 0.1) is 6.20 Å². The topological polar surface area (TPSA) is 104 Å². The molecule has 0 fully saturated rings. The number of anilines is 1. The molecule has 0 saturated heterocycles. The Balaban J connectivity index is 1.52. The van der Waals surface area contributed by atoms with Crippen LogP contribution in [0, 0.1) is 5.82 Å². The van der Waals surface area contributed by atoms with Crippen LogP contribution in [0.25, 0.3) is 11.1 Å². The van der Waals surface area contributed by atoms with Crippen LogP contribution in [0.2, 0.25) is 0 Å². The van der Waals surface area contributed by atoms with Gasteiger partial charge in [-0.05, 0) is 47.0 Å².